The molecule has 0 unspecified atom stereocenters. The Kier molecular flexibility index (Phi) is 4.77. The number of rotatable bonds is 6. The van der Waals surface area contributed by atoms with Gasteiger partial charge in [-0.25, -0.2) is 0 Å². The van der Waals surface area contributed by atoms with Gasteiger partial charge in [-0.2, -0.15) is 4.98 Å². The number of anilines is 1. The van der Waals surface area contributed by atoms with Crippen molar-refractivity contribution in [2.24, 2.45) is 0 Å². The molecule has 0 radical (unpaired) electrons. The van der Waals surface area contributed by atoms with E-state index in [0.29, 0.717) is 0 Å². The van der Waals surface area contributed by atoms with Crippen LogP contribution in [0.15, 0.2) is 0 Å². The Balaban J connectivity index is 2.76. The third-order valence-corrected chi connectivity index (χ3v) is 4.04. The Morgan fingerprint density at radius 1 is 1.41 bits per heavy atom. The zero-order valence-corrected chi connectivity index (χ0v) is 12.4. The van der Waals surface area contributed by atoms with Crippen LogP contribution in [-0.4, -0.2) is 31.7 Å². The lowest BCUT2D eigenvalue weighted by Gasteiger charge is -2.24. The van der Waals surface area contributed by atoms with Crippen LogP contribution < -0.4 is 15.0 Å². The minimum absolute atomic E-state index is 0.146. The molecular weight excluding hydrogens is 234 g/mol. The van der Waals surface area contributed by atoms with E-state index in [2.05, 4.69) is 31.1 Å². The molecule has 5 heteroatoms. The zero-order valence-electron chi connectivity index (χ0n) is 11.6. The van der Waals surface area contributed by atoms with E-state index in [-0.39, 0.29) is 5.54 Å². The fraction of sp³-hybridized carbons (Fsp3) is 0.750. The van der Waals surface area contributed by atoms with Crippen molar-refractivity contribution in [2.75, 3.05) is 26.1 Å². The van der Waals surface area contributed by atoms with Crippen LogP contribution in [0.25, 0.3) is 0 Å². The molecular formula is C12H23N3OS. The van der Waals surface area contributed by atoms with Crippen LogP contribution >= 0.6 is 11.3 Å². The highest BCUT2D eigenvalue weighted by Crippen LogP contribution is 2.30. The van der Waals surface area contributed by atoms with Gasteiger partial charge in [-0.1, -0.05) is 18.3 Å². The van der Waals surface area contributed by atoms with E-state index < -0.39 is 0 Å². The Morgan fingerprint density at radius 3 is 2.53 bits per heavy atom. The Morgan fingerprint density at radius 2 is 2.06 bits per heavy atom. The van der Waals surface area contributed by atoms with Crippen molar-refractivity contribution in [3.63, 3.8) is 0 Å². The summed E-state index contributed by atoms with van der Waals surface area (Å²) in [5, 5.41) is 4.50. The third kappa shape index (κ3) is 3.85. The molecule has 17 heavy (non-hydrogen) atoms. The molecule has 0 amide bonds. The molecule has 0 saturated carbocycles. The minimum atomic E-state index is 0.146. The maximum Gasteiger partial charge on any atom is 0.230 e. The molecule has 1 aromatic heterocycles. The molecule has 0 fully saturated rings. The van der Waals surface area contributed by atoms with Gasteiger partial charge in [-0.3, -0.25) is 0 Å². The first kappa shape index (κ1) is 14.3. The Labute approximate surface area is 108 Å². The monoisotopic (exact) mass is 257 g/mol. The lowest BCUT2D eigenvalue weighted by molar-refractivity contribution is 0.363. The lowest BCUT2D eigenvalue weighted by atomic mass is 10.0. The number of ether oxygens (including phenoxy) is 1. The number of aromatic nitrogens is 1. The van der Waals surface area contributed by atoms with Crippen LogP contribution in [0.4, 0.5) is 5.13 Å². The standard InChI is InChI=1S/C12H23N3OS/c1-7-12(2,3)13-8-9-10(16-6)14-11(17-9)15(4)5/h13H,7-8H2,1-6H3. The summed E-state index contributed by atoms with van der Waals surface area (Å²) < 4.78 is 5.31. The van der Waals surface area contributed by atoms with Gasteiger partial charge in [-0.05, 0) is 20.3 Å². The molecule has 0 saturated heterocycles. The Bertz CT molecular complexity index is 361. The lowest BCUT2D eigenvalue weighted by Crippen LogP contribution is -2.37. The molecule has 1 N–H and O–H groups in total. The SMILES string of the molecule is CCC(C)(C)NCc1sc(N(C)C)nc1OC. The van der Waals surface area contributed by atoms with E-state index in [1.165, 1.54) is 0 Å². The summed E-state index contributed by atoms with van der Waals surface area (Å²) in [6.07, 6.45) is 1.09. The van der Waals surface area contributed by atoms with E-state index in [9.17, 15) is 0 Å². The average Bonchev–Trinajstić information content (AvgIpc) is 2.70. The highest BCUT2D eigenvalue weighted by Gasteiger charge is 2.18. The van der Waals surface area contributed by atoms with Crippen LogP contribution in [0.1, 0.15) is 32.1 Å². The molecule has 1 rings (SSSR count). The number of hydrogen-bond acceptors (Lipinski definition) is 5. The quantitative estimate of drug-likeness (QED) is 0.849. The van der Waals surface area contributed by atoms with Crippen LogP contribution in [0.3, 0.4) is 0 Å². The summed E-state index contributed by atoms with van der Waals surface area (Å²) in [6, 6.07) is 0. The molecule has 1 aromatic rings. The molecule has 4 nitrogen and oxygen atoms in total. The summed E-state index contributed by atoms with van der Waals surface area (Å²) in [7, 11) is 5.65. The number of thiazole rings is 1. The van der Waals surface area contributed by atoms with Crippen LogP contribution in [-0.2, 0) is 6.54 Å². The predicted octanol–water partition coefficient (Wildman–Crippen LogP) is 2.50. The van der Waals surface area contributed by atoms with Crippen LogP contribution in [0.2, 0.25) is 0 Å². The fourth-order valence-corrected chi connectivity index (χ4v) is 2.13. The topological polar surface area (TPSA) is 37.4 Å². The maximum absolute atomic E-state index is 5.31. The first-order valence-corrected chi connectivity index (χ1v) is 6.67. The van der Waals surface area contributed by atoms with Crippen molar-refractivity contribution in [1.29, 1.82) is 0 Å². The molecule has 0 atom stereocenters. The second-order valence-corrected chi connectivity index (χ2v) is 5.98. The van der Waals surface area contributed by atoms with E-state index in [1.54, 1.807) is 18.4 Å². The van der Waals surface area contributed by atoms with Crippen LogP contribution in [0.5, 0.6) is 5.88 Å². The van der Waals surface area contributed by atoms with Crippen molar-refractivity contribution < 1.29 is 4.74 Å². The van der Waals surface area contributed by atoms with Gasteiger partial charge in [0, 0.05) is 26.2 Å². The molecule has 0 spiro atoms. The number of nitrogens with zero attached hydrogens (tertiary/aromatic N) is 2. The highest BCUT2D eigenvalue weighted by molar-refractivity contribution is 7.15. The molecule has 1 heterocycles. The van der Waals surface area contributed by atoms with E-state index in [0.717, 1.165) is 28.9 Å². The summed E-state index contributed by atoms with van der Waals surface area (Å²) in [5.74, 6) is 0.734. The minimum Gasteiger partial charge on any atom is -0.480 e. The van der Waals surface area contributed by atoms with Crippen molar-refractivity contribution in [2.45, 2.75) is 39.3 Å². The van der Waals surface area contributed by atoms with Crippen molar-refractivity contribution >= 4 is 16.5 Å². The summed E-state index contributed by atoms with van der Waals surface area (Å²) in [4.78, 5) is 7.59. The summed E-state index contributed by atoms with van der Waals surface area (Å²) >= 11 is 1.67. The number of methoxy groups -OCH3 is 1. The molecule has 98 valence electrons. The third-order valence-electron chi connectivity index (χ3n) is 2.84. The average molecular weight is 257 g/mol. The molecule has 0 aliphatic rings. The molecule has 0 bridgehead atoms. The second kappa shape index (κ2) is 5.69. The van der Waals surface area contributed by atoms with Gasteiger partial charge in [0.05, 0.1) is 12.0 Å². The first-order chi connectivity index (χ1) is 7.89. The molecule has 0 aliphatic carbocycles. The first-order valence-electron chi connectivity index (χ1n) is 5.85. The summed E-state index contributed by atoms with van der Waals surface area (Å²) in [6.45, 7) is 7.39. The molecule has 0 aliphatic heterocycles. The van der Waals surface area contributed by atoms with Gasteiger partial charge >= 0.3 is 0 Å². The van der Waals surface area contributed by atoms with E-state index in [1.807, 2.05) is 19.0 Å². The number of hydrogen-bond donors (Lipinski definition) is 1. The van der Waals surface area contributed by atoms with E-state index in [4.69, 9.17) is 4.74 Å². The van der Waals surface area contributed by atoms with Gasteiger partial charge < -0.3 is 15.0 Å². The van der Waals surface area contributed by atoms with Gasteiger partial charge in [0.15, 0.2) is 5.13 Å². The van der Waals surface area contributed by atoms with Crippen LogP contribution in [0, 0.1) is 0 Å². The highest BCUT2D eigenvalue weighted by atomic mass is 32.1. The van der Waals surface area contributed by atoms with Crippen molar-refractivity contribution in [3.05, 3.63) is 4.88 Å². The molecule has 0 aromatic carbocycles. The summed E-state index contributed by atoms with van der Waals surface area (Å²) in [5.41, 5.74) is 0.146. The largest absolute Gasteiger partial charge is 0.480 e. The Hall–Kier alpha value is -0.810. The van der Waals surface area contributed by atoms with Gasteiger partial charge in [0.1, 0.15) is 0 Å². The normalized spacial score (nSPS) is 11.6. The zero-order chi connectivity index (χ0) is 13.1. The maximum atomic E-state index is 5.31. The van der Waals surface area contributed by atoms with Gasteiger partial charge in [-0.15, -0.1) is 0 Å². The van der Waals surface area contributed by atoms with Crippen molar-refractivity contribution in [1.82, 2.24) is 10.3 Å². The fourth-order valence-electron chi connectivity index (χ4n) is 1.23. The predicted molar refractivity (Wildman–Crippen MR) is 74.2 cm³/mol. The number of nitrogens with one attached hydrogen (secondary N) is 1. The van der Waals surface area contributed by atoms with Crippen molar-refractivity contribution in [3.8, 4) is 5.88 Å². The smallest absolute Gasteiger partial charge is 0.230 e. The van der Waals surface area contributed by atoms with Gasteiger partial charge in [0.2, 0.25) is 5.88 Å². The van der Waals surface area contributed by atoms with Gasteiger partial charge in [0.25, 0.3) is 0 Å². The van der Waals surface area contributed by atoms with E-state index >= 15 is 0 Å². The second-order valence-electron chi connectivity index (χ2n) is 4.91.